The molecule has 1 unspecified atom stereocenters. The third-order valence-corrected chi connectivity index (χ3v) is 4.57. The van der Waals surface area contributed by atoms with Crippen molar-refractivity contribution in [3.63, 3.8) is 0 Å². The van der Waals surface area contributed by atoms with E-state index in [0.29, 0.717) is 23.6 Å². The average Bonchev–Trinajstić information content (AvgIpc) is 2.63. The van der Waals surface area contributed by atoms with E-state index in [0.717, 1.165) is 31.6 Å². The van der Waals surface area contributed by atoms with Crippen LogP contribution in [0.3, 0.4) is 0 Å². The van der Waals surface area contributed by atoms with Crippen molar-refractivity contribution in [2.45, 2.75) is 25.3 Å². The van der Waals surface area contributed by atoms with Gasteiger partial charge in [-0.05, 0) is 25.5 Å². The van der Waals surface area contributed by atoms with E-state index in [1.54, 1.807) is 12.1 Å². The SMILES string of the molecule is COc1cc(F)c(CN2CCCC(c3cc(=O)[nH]cn3)C2)cc1OC. The highest BCUT2D eigenvalue weighted by atomic mass is 19.1. The van der Waals surface area contributed by atoms with Gasteiger partial charge in [-0.2, -0.15) is 0 Å². The first-order valence-electron chi connectivity index (χ1n) is 8.28. The number of nitrogens with zero attached hydrogens (tertiary/aromatic N) is 2. The number of hydrogen-bond acceptors (Lipinski definition) is 5. The maximum Gasteiger partial charge on any atom is 0.250 e. The zero-order valence-electron chi connectivity index (χ0n) is 14.4. The van der Waals surface area contributed by atoms with Crippen LogP contribution in [0.4, 0.5) is 4.39 Å². The summed E-state index contributed by atoms with van der Waals surface area (Å²) in [5, 5.41) is 0. The molecule has 1 N–H and O–H groups in total. The van der Waals surface area contributed by atoms with Crippen molar-refractivity contribution in [2.75, 3.05) is 27.3 Å². The number of aromatic amines is 1. The molecule has 1 saturated heterocycles. The van der Waals surface area contributed by atoms with Gasteiger partial charge >= 0.3 is 0 Å². The molecule has 1 aliphatic heterocycles. The van der Waals surface area contributed by atoms with Crippen LogP contribution in [0, 0.1) is 5.82 Å². The second-order valence-electron chi connectivity index (χ2n) is 6.21. The summed E-state index contributed by atoms with van der Waals surface area (Å²) < 4.78 is 24.8. The van der Waals surface area contributed by atoms with Crippen molar-refractivity contribution in [1.29, 1.82) is 0 Å². The van der Waals surface area contributed by atoms with Gasteiger partial charge in [0.1, 0.15) is 5.82 Å². The van der Waals surface area contributed by atoms with Crippen molar-refractivity contribution in [1.82, 2.24) is 14.9 Å². The molecule has 134 valence electrons. The van der Waals surface area contributed by atoms with Gasteiger partial charge in [0.15, 0.2) is 11.5 Å². The van der Waals surface area contributed by atoms with Crippen LogP contribution in [0.2, 0.25) is 0 Å². The third kappa shape index (κ3) is 3.99. The molecule has 1 aromatic heterocycles. The lowest BCUT2D eigenvalue weighted by Crippen LogP contribution is -2.34. The molecule has 25 heavy (non-hydrogen) atoms. The molecule has 2 heterocycles. The Hall–Kier alpha value is -2.41. The second kappa shape index (κ2) is 7.65. The number of nitrogens with one attached hydrogen (secondary N) is 1. The Labute approximate surface area is 145 Å². The lowest BCUT2D eigenvalue weighted by Gasteiger charge is -2.32. The number of likely N-dealkylation sites (tertiary alicyclic amines) is 1. The number of ether oxygens (including phenoxy) is 2. The number of benzene rings is 1. The Morgan fingerprint density at radius 3 is 2.76 bits per heavy atom. The van der Waals surface area contributed by atoms with Crippen LogP contribution in [0.25, 0.3) is 0 Å². The van der Waals surface area contributed by atoms with Gasteiger partial charge in [-0.15, -0.1) is 0 Å². The molecular weight excluding hydrogens is 325 g/mol. The topological polar surface area (TPSA) is 67.5 Å². The summed E-state index contributed by atoms with van der Waals surface area (Å²) >= 11 is 0. The molecule has 2 aromatic rings. The summed E-state index contributed by atoms with van der Waals surface area (Å²) in [5.74, 6) is 0.769. The second-order valence-corrected chi connectivity index (χ2v) is 6.21. The zero-order chi connectivity index (χ0) is 17.8. The van der Waals surface area contributed by atoms with E-state index in [4.69, 9.17) is 9.47 Å². The highest BCUT2D eigenvalue weighted by molar-refractivity contribution is 5.43. The minimum atomic E-state index is -0.311. The lowest BCUT2D eigenvalue weighted by molar-refractivity contribution is 0.196. The molecular formula is C18H22FN3O3. The molecule has 0 amide bonds. The summed E-state index contributed by atoms with van der Waals surface area (Å²) in [6.07, 6.45) is 3.39. The predicted molar refractivity (Wildman–Crippen MR) is 91.6 cm³/mol. The molecule has 1 aliphatic rings. The minimum absolute atomic E-state index is 0.145. The minimum Gasteiger partial charge on any atom is -0.493 e. The monoisotopic (exact) mass is 347 g/mol. The van der Waals surface area contributed by atoms with Crippen molar-refractivity contribution in [2.24, 2.45) is 0 Å². The number of hydrogen-bond donors (Lipinski definition) is 1. The molecule has 0 spiro atoms. The van der Waals surface area contributed by atoms with Crippen LogP contribution in [0.1, 0.15) is 30.0 Å². The van der Waals surface area contributed by atoms with Gasteiger partial charge in [0, 0.05) is 36.7 Å². The molecule has 0 aliphatic carbocycles. The molecule has 1 atom stereocenters. The Bertz CT molecular complexity index is 793. The highest BCUT2D eigenvalue weighted by Crippen LogP contribution is 2.32. The lowest BCUT2D eigenvalue weighted by atomic mass is 9.94. The molecule has 7 heteroatoms. The van der Waals surface area contributed by atoms with Gasteiger partial charge in [-0.3, -0.25) is 9.69 Å². The molecule has 6 nitrogen and oxygen atoms in total. The quantitative estimate of drug-likeness (QED) is 0.899. The number of H-pyrrole nitrogens is 1. The number of piperidine rings is 1. The zero-order valence-corrected chi connectivity index (χ0v) is 14.4. The average molecular weight is 347 g/mol. The summed E-state index contributed by atoms with van der Waals surface area (Å²) in [6.45, 7) is 2.10. The van der Waals surface area contributed by atoms with E-state index in [2.05, 4.69) is 14.9 Å². The Kier molecular flexibility index (Phi) is 5.33. The maximum atomic E-state index is 14.4. The highest BCUT2D eigenvalue weighted by Gasteiger charge is 2.24. The van der Waals surface area contributed by atoms with Gasteiger partial charge in [0.25, 0.3) is 5.56 Å². The Balaban J connectivity index is 1.76. The summed E-state index contributed by atoms with van der Waals surface area (Å²) in [7, 11) is 3.02. The van der Waals surface area contributed by atoms with Crippen LogP contribution >= 0.6 is 0 Å². The maximum absolute atomic E-state index is 14.4. The number of aromatic nitrogens is 2. The number of methoxy groups -OCH3 is 2. The van der Waals surface area contributed by atoms with Crippen molar-refractivity contribution < 1.29 is 13.9 Å². The third-order valence-electron chi connectivity index (χ3n) is 4.57. The van der Waals surface area contributed by atoms with Gasteiger partial charge in [-0.25, -0.2) is 9.37 Å². The van der Waals surface area contributed by atoms with Crippen LogP contribution in [0.15, 0.2) is 29.3 Å². The molecule has 0 bridgehead atoms. The van der Waals surface area contributed by atoms with Crippen LogP contribution < -0.4 is 15.0 Å². The van der Waals surface area contributed by atoms with E-state index >= 15 is 0 Å². The largest absolute Gasteiger partial charge is 0.493 e. The Morgan fingerprint density at radius 2 is 2.04 bits per heavy atom. The van der Waals surface area contributed by atoms with Crippen molar-refractivity contribution in [3.8, 4) is 11.5 Å². The molecule has 0 radical (unpaired) electrons. The molecule has 0 saturated carbocycles. The molecule has 3 rings (SSSR count). The fraction of sp³-hybridized carbons (Fsp3) is 0.444. The first-order chi connectivity index (χ1) is 12.1. The summed E-state index contributed by atoms with van der Waals surface area (Å²) in [6, 6.07) is 4.59. The van der Waals surface area contributed by atoms with Crippen LogP contribution in [-0.4, -0.2) is 42.2 Å². The summed E-state index contributed by atoms with van der Waals surface area (Å²) in [4.78, 5) is 20.5. The fourth-order valence-corrected chi connectivity index (χ4v) is 3.31. The normalized spacial score (nSPS) is 18.1. The van der Waals surface area contributed by atoms with E-state index in [1.807, 2.05) is 0 Å². The number of rotatable bonds is 5. The van der Waals surface area contributed by atoms with Crippen molar-refractivity contribution in [3.05, 3.63) is 52.0 Å². The Morgan fingerprint density at radius 1 is 1.28 bits per heavy atom. The van der Waals surface area contributed by atoms with E-state index in [1.165, 1.54) is 26.6 Å². The summed E-state index contributed by atoms with van der Waals surface area (Å²) in [5.41, 5.74) is 1.21. The van der Waals surface area contributed by atoms with Crippen LogP contribution in [0.5, 0.6) is 11.5 Å². The van der Waals surface area contributed by atoms with E-state index in [9.17, 15) is 9.18 Å². The predicted octanol–water partition coefficient (Wildman–Crippen LogP) is 2.31. The van der Waals surface area contributed by atoms with Gasteiger partial charge in [0.2, 0.25) is 0 Å². The number of halogens is 1. The molecule has 1 aromatic carbocycles. The first-order valence-corrected chi connectivity index (χ1v) is 8.28. The van der Waals surface area contributed by atoms with E-state index in [-0.39, 0.29) is 17.3 Å². The van der Waals surface area contributed by atoms with Gasteiger partial charge in [0.05, 0.1) is 26.2 Å². The molecule has 1 fully saturated rings. The van der Waals surface area contributed by atoms with Gasteiger partial charge in [-0.1, -0.05) is 0 Å². The fourth-order valence-electron chi connectivity index (χ4n) is 3.31. The van der Waals surface area contributed by atoms with E-state index < -0.39 is 0 Å². The van der Waals surface area contributed by atoms with Gasteiger partial charge < -0.3 is 14.5 Å². The smallest absolute Gasteiger partial charge is 0.250 e. The standard InChI is InChI=1S/C18H22FN3O3/c1-24-16-6-13(14(19)7-17(16)25-2)10-22-5-3-4-12(9-22)15-8-18(23)21-11-20-15/h6-8,11-12H,3-5,9-10H2,1-2H3,(H,20,21,23). The van der Waals surface area contributed by atoms with Crippen molar-refractivity contribution >= 4 is 0 Å². The first kappa shape index (κ1) is 17.4. The van der Waals surface area contributed by atoms with Crippen LogP contribution in [-0.2, 0) is 6.54 Å².